The zero-order chi connectivity index (χ0) is 5.98. The van der Waals surface area contributed by atoms with Crippen molar-refractivity contribution < 1.29 is 0 Å². The van der Waals surface area contributed by atoms with E-state index in [9.17, 15) is 0 Å². The van der Waals surface area contributed by atoms with E-state index in [4.69, 9.17) is 5.41 Å². The van der Waals surface area contributed by atoms with Gasteiger partial charge in [0.05, 0.1) is 0 Å². The molecule has 0 aromatic heterocycles. The molecule has 8 heavy (non-hydrogen) atoms. The van der Waals surface area contributed by atoms with Crippen molar-refractivity contribution in [2.75, 3.05) is 13.6 Å². The molecule has 2 N–H and O–H groups in total. The Hall–Kier alpha value is -0.990. The highest BCUT2D eigenvalue weighted by Gasteiger charge is 2.00. The molecule has 0 aromatic rings. The van der Waals surface area contributed by atoms with E-state index in [1.165, 1.54) is 0 Å². The summed E-state index contributed by atoms with van der Waals surface area (Å²) >= 11 is 0. The Bertz CT molecular complexity index is 128. The molecule has 0 aromatic carbocycles. The number of rotatable bonds is 0. The molecule has 0 atom stereocenters. The van der Waals surface area contributed by atoms with Crippen LogP contribution in [-0.4, -0.2) is 24.5 Å². The summed E-state index contributed by atoms with van der Waals surface area (Å²) in [5.41, 5.74) is 0. The van der Waals surface area contributed by atoms with E-state index in [1.807, 2.05) is 19.3 Å². The highest BCUT2D eigenvalue weighted by molar-refractivity contribution is 5.78. The molecule has 0 radical (unpaired) electrons. The van der Waals surface area contributed by atoms with E-state index in [-0.39, 0.29) is 0 Å². The maximum Gasteiger partial charge on any atom is 0.195 e. The average molecular weight is 111 g/mol. The van der Waals surface area contributed by atoms with Gasteiger partial charge in [-0.1, -0.05) is 0 Å². The Morgan fingerprint density at radius 3 is 3.00 bits per heavy atom. The van der Waals surface area contributed by atoms with Crippen molar-refractivity contribution in [3.05, 3.63) is 12.3 Å². The van der Waals surface area contributed by atoms with Gasteiger partial charge in [-0.3, -0.25) is 5.41 Å². The standard InChI is InChI=1S/C5H9N3/c1-8-4-2-3-7-5(8)6/h2,4H,3H2,1H3,(H2,6,7). The van der Waals surface area contributed by atoms with Gasteiger partial charge in [0.25, 0.3) is 0 Å². The van der Waals surface area contributed by atoms with E-state index in [2.05, 4.69) is 5.32 Å². The first-order chi connectivity index (χ1) is 3.80. The average Bonchev–Trinajstić information content (AvgIpc) is 1.77. The number of hydrogen-bond donors (Lipinski definition) is 2. The zero-order valence-corrected chi connectivity index (χ0v) is 4.81. The van der Waals surface area contributed by atoms with Gasteiger partial charge >= 0.3 is 0 Å². The molecule has 0 saturated heterocycles. The summed E-state index contributed by atoms with van der Waals surface area (Å²) in [7, 11) is 1.84. The molecule has 44 valence electrons. The van der Waals surface area contributed by atoms with Crippen LogP contribution in [0.3, 0.4) is 0 Å². The zero-order valence-electron chi connectivity index (χ0n) is 4.81. The Labute approximate surface area is 48.5 Å². The van der Waals surface area contributed by atoms with Crippen molar-refractivity contribution in [3.63, 3.8) is 0 Å². The van der Waals surface area contributed by atoms with E-state index in [0.29, 0.717) is 5.96 Å². The Morgan fingerprint density at radius 1 is 1.88 bits per heavy atom. The second-order valence-electron chi connectivity index (χ2n) is 1.73. The maximum atomic E-state index is 7.16. The summed E-state index contributed by atoms with van der Waals surface area (Å²) in [6.07, 6.45) is 3.84. The third-order valence-corrected chi connectivity index (χ3v) is 1.07. The van der Waals surface area contributed by atoms with E-state index in [1.54, 1.807) is 4.90 Å². The van der Waals surface area contributed by atoms with E-state index >= 15 is 0 Å². The third-order valence-electron chi connectivity index (χ3n) is 1.07. The van der Waals surface area contributed by atoms with Crippen LogP contribution in [0.2, 0.25) is 0 Å². The number of nitrogens with one attached hydrogen (secondary N) is 2. The minimum atomic E-state index is 0.465. The van der Waals surface area contributed by atoms with Crippen LogP contribution in [0.1, 0.15) is 0 Å². The fourth-order valence-electron chi connectivity index (χ4n) is 0.566. The van der Waals surface area contributed by atoms with Crippen molar-refractivity contribution in [1.29, 1.82) is 5.41 Å². The molecular weight excluding hydrogens is 102 g/mol. The lowest BCUT2D eigenvalue weighted by atomic mass is 10.5. The SMILES string of the molecule is CN1C=CCNC1=N. The van der Waals surface area contributed by atoms with Gasteiger partial charge in [-0.2, -0.15) is 0 Å². The predicted molar refractivity (Wildman–Crippen MR) is 32.6 cm³/mol. The summed E-state index contributed by atoms with van der Waals surface area (Å²) in [5, 5.41) is 10.0. The Balaban J connectivity index is 2.60. The summed E-state index contributed by atoms with van der Waals surface area (Å²) < 4.78 is 0. The predicted octanol–water partition coefficient (Wildman–Crippen LogP) is -0.0301. The van der Waals surface area contributed by atoms with Crippen molar-refractivity contribution >= 4 is 5.96 Å². The molecule has 0 unspecified atom stereocenters. The molecule has 0 amide bonds. The second-order valence-corrected chi connectivity index (χ2v) is 1.73. The van der Waals surface area contributed by atoms with Gasteiger partial charge in [-0.05, 0) is 6.08 Å². The number of nitrogens with zero attached hydrogens (tertiary/aromatic N) is 1. The normalized spacial score (nSPS) is 18.6. The topological polar surface area (TPSA) is 39.1 Å². The highest BCUT2D eigenvalue weighted by atomic mass is 15.3. The lowest BCUT2D eigenvalue weighted by molar-refractivity contribution is 0.620. The van der Waals surface area contributed by atoms with Gasteiger partial charge < -0.3 is 10.2 Å². The molecular formula is C5H9N3. The second kappa shape index (κ2) is 1.86. The minimum Gasteiger partial charge on any atom is -0.353 e. The van der Waals surface area contributed by atoms with Crippen molar-refractivity contribution in [1.82, 2.24) is 10.2 Å². The molecule has 1 aliphatic heterocycles. The van der Waals surface area contributed by atoms with Crippen LogP contribution in [0.4, 0.5) is 0 Å². The summed E-state index contributed by atoms with van der Waals surface area (Å²) in [6, 6.07) is 0. The first kappa shape index (κ1) is 5.15. The van der Waals surface area contributed by atoms with Crippen LogP contribution in [0.5, 0.6) is 0 Å². The highest BCUT2D eigenvalue weighted by Crippen LogP contribution is 1.88. The van der Waals surface area contributed by atoms with E-state index in [0.717, 1.165) is 6.54 Å². The fourth-order valence-corrected chi connectivity index (χ4v) is 0.566. The molecule has 1 rings (SSSR count). The van der Waals surface area contributed by atoms with Gasteiger partial charge in [0.1, 0.15) is 0 Å². The van der Waals surface area contributed by atoms with Gasteiger partial charge in [0, 0.05) is 19.8 Å². The fraction of sp³-hybridized carbons (Fsp3) is 0.400. The van der Waals surface area contributed by atoms with Gasteiger partial charge in [-0.25, -0.2) is 0 Å². The van der Waals surface area contributed by atoms with Gasteiger partial charge in [0.15, 0.2) is 5.96 Å². The lowest BCUT2D eigenvalue weighted by Gasteiger charge is -2.19. The van der Waals surface area contributed by atoms with Crippen LogP contribution in [-0.2, 0) is 0 Å². The first-order valence-electron chi connectivity index (χ1n) is 2.52. The lowest BCUT2D eigenvalue weighted by Crippen LogP contribution is -2.37. The Kier molecular flexibility index (Phi) is 1.20. The molecule has 0 fully saturated rings. The van der Waals surface area contributed by atoms with Crippen molar-refractivity contribution in [2.45, 2.75) is 0 Å². The molecule has 0 bridgehead atoms. The van der Waals surface area contributed by atoms with E-state index < -0.39 is 0 Å². The Morgan fingerprint density at radius 2 is 2.62 bits per heavy atom. The van der Waals surface area contributed by atoms with Crippen LogP contribution in [0, 0.1) is 5.41 Å². The smallest absolute Gasteiger partial charge is 0.195 e. The largest absolute Gasteiger partial charge is 0.353 e. The number of guanidine groups is 1. The van der Waals surface area contributed by atoms with Crippen molar-refractivity contribution in [2.24, 2.45) is 0 Å². The molecule has 3 nitrogen and oxygen atoms in total. The van der Waals surface area contributed by atoms with Crippen LogP contribution in [0.25, 0.3) is 0 Å². The number of hydrogen-bond acceptors (Lipinski definition) is 1. The van der Waals surface area contributed by atoms with Crippen molar-refractivity contribution in [3.8, 4) is 0 Å². The summed E-state index contributed by atoms with van der Waals surface area (Å²) in [6.45, 7) is 0.781. The summed E-state index contributed by atoms with van der Waals surface area (Å²) in [4.78, 5) is 1.73. The van der Waals surface area contributed by atoms with Crippen LogP contribution in [0.15, 0.2) is 12.3 Å². The third kappa shape index (κ3) is 0.804. The molecule has 0 spiro atoms. The summed E-state index contributed by atoms with van der Waals surface area (Å²) in [5.74, 6) is 0.465. The van der Waals surface area contributed by atoms with Gasteiger partial charge in [0.2, 0.25) is 0 Å². The molecule has 0 saturated carbocycles. The molecule has 1 aliphatic rings. The molecule has 0 aliphatic carbocycles. The minimum absolute atomic E-state index is 0.465. The molecule has 3 heteroatoms. The molecule has 1 heterocycles. The van der Waals surface area contributed by atoms with Crippen LogP contribution >= 0.6 is 0 Å². The first-order valence-corrected chi connectivity index (χ1v) is 2.52. The monoisotopic (exact) mass is 111 g/mol. The quantitative estimate of drug-likeness (QED) is 0.460. The van der Waals surface area contributed by atoms with Crippen LogP contribution < -0.4 is 5.32 Å². The van der Waals surface area contributed by atoms with Gasteiger partial charge in [-0.15, -0.1) is 0 Å². The maximum absolute atomic E-state index is 7.16.